The minimum absolute atomic E-state index is 0.0436. The van der Waals surface area contributed by atoms with Crippen LogP contribution in [-0.4, -0.2) is 57.9 Å². The second kappa shape index (κ2) is 10.5. The Balaban J connectivity index is 1.65. The molecule has 8 atom stereocenters. The van der Waals surface area contributed by atoms with Crippen LogP contribution in [0, 0.1) is 23.2 Å². The summed E-state index contributed by atoms with van der Waals surface area (Å²) in [6, 6.07) is 7.58. The number of nitrogens with one attached hydrogen (secondary N) is 1. The fourth-order valence-electron chi connectivity index (χ4n) is 7.05. The van der Waals surface area contributed by atoms with Crippen molar-refractivity contribution in [3.63, 3.8) is 0 Å². The SMILES string of the molecule is CC1=C(C)[C@H]2[C@H](CC3=c4ccccc4=NC3)NC(=O)[C@]23C(=O)/C=C\[C@H](O)[C@H](O)/C(C)=C\[C@@H](C)C/C=C\[C@H]3[C@@H]1O. The minimum Gasteiger partial charge on any atom is -0.388 e. The van der Waals surface area contributed by atoms with Crippen molar-refractivity contribution in [3.05, 3.63) is 81.9 Å². The van der Waals surface area contributed by atoms with Gasteiger partial charge in [-0.1, -0.05) is 48.9 Å². The van der Waals surface area contributed by atoms with Gasteiger partial charge in [-0.15, -0.1) is 0 Å². The van der Waals surface area contributed by atoms with Crippen LogP contribution in [0.15, 0.2) is 76.4 Å². The number of nitrogens with zero attached hydrogens (tertiary/aromatic N) is 1. The van der Waals surface area contributed by atoms with Crippen LogP contribution >= 0.6 is 0 Å². The predicted molar refractivity (Wildman–Crippen MR) is 149 cm³/mol. The Morgan fingerprint density at radius 1 is 1.03 bits per heavy atom. The van der Waals surface area contributed by atoms with Crippen LogP contribution in [0.5, 0.6) is 0 Å². The van der Waals surface area contributed by atoms with Gasteiger partial charge >= 0.3 is 0 Å². The molecule has 2 aliphatic carbocycles. The lowest BCUT2D eigenvalue weighted by Crippen LogP contribution is -2.55. The molecule has 4 N–H and O–H groups in total. The van der Waals surface area contributed by atoms with Gasteiger partial charge in [-0.2, -0.15) is 0 Å². The molecular formula is C32H38N2O5. The van der Waals surface area contributed by atoms with Crippen molar-refractivity contribution < 1.29 is 24.9 Å². The van der Waals surface area contributed by atoms with Gasteiger partial charge in [0, 0.05) is 23.1 Å². The van der Waals surface area contributed by atoms with Gasteiger partial charge in [0.25, 0.3) is 0 Å². The van der Waals surface area contributed by atoms with Crippen molar-refractivity contribution in [2.45, 2.75) is 64.9 Å². The number of hydrogen-bond acceptors (Lipinski definition) is 6. The third kappa shape index (κ3) is 4.46. The Morgan fingerprint density at radius 2 is 1.77 bits per heavy atom. The maximum Gasteiger partial charge on any atom is 0.235 e. The first-order chi connectivity index (χ1) is 18.6. The number of amides is 1. The molecular weight excluding hydrogens is 492 g/mol. The van der Waals surface area contributed by atoms with Gasteiger partial charge < -0.3 is 20.6 Å². The van der Waals surface area contributed by atoms with E-state index in [1.807, 2.05) is 63.3 Å². The van der Waals surface area contributed by atoms with Crippen LogP contribution < -0.4 is 15.9 Å². The molecule has 1 aromatic rings. The molecule has 1 spiro atoms. The Hall–Kier alpha value is -3.13. The average molecular weight is 531 g/mol. The van der Waals surface area contributed by atoms with Gasteiger partial charge in [-0.3, -0.25) is 14.6 Å². The van der Waals surface area contributed by atoms with Crippen molar-refractivity contribution in [1.29, 1.82) is 0 Å². The highest BCUT2D eigenvalue weighted by Gasteiger charge is 2.66. The van der Waals surface area contributed by atoms with Crippen molar-refractivity contribution in [2.24, 2.45) is 28.2 Å². The summed E-state index contributed by atoms with van der Waals surface area (Å²) in [7, 11) is 0. The van der Waals surface area contributed by atoms with Crippen molar-refractivity contribution in [2.75, 3.05) is 6.54 Å². The van der Waals surface area contributed by atoms with Crippen LogP contribution in [-0.2, 0) is 9.59 Å². The zero-order valence-corrected chi connectivity index (χ0v) is 23.0. The van der Waals surface area contributed by atoms with Crippen LogP contribution in [0.1, 0.15) is 40.5 Å². The second-order valence-corrected chi connectivity index (χ2v) is 11.6. The quantitative estimate of drug-likeness (QED) is 0.343. The Morgan fingerprint density at radius 3 is 2.54 bits per heavy atom. The highest BCUT2D eigenvalue weighted by molar-refractivity contribution is 6.14. The Bertz CT molecular complexity index is 1440. The van der Waals surface area contributed by atoms with Gasteiger partial charge in [-0.05, 0) is 74.5 Å². The molecule has 2 aliphatic heterocycles. The standard InChI is InChI=1S/C32H38N2O5/c1-17-8-7-10-23-30(38)20(4)19(3)28-25(15-21-16-33-24-11-6-5-9-22(21)24)34-31(39)32(23,28)27(36)13-12-26(35)29(37)18(2)14-17/h5-7,9-14,17,23,25-26,28-30,35,37-38H,8,15-16H2,1-4H3,(H,34,39)/b10-7-,13-12-,18-14-/t17-,23-,25-,26-,28-,29+,30+,32+/m0/s1. The molecule has 7 heteroatoms. The summed E-state index contributed by atoms with van der Waals surface area (Å²) in [5.74, 6) is -2.12. The van der Waals surface area contributed by atoms with E-state index in [0.29, 0.717) is 25.0 Å². The molecule has 7 nitrogen and oxygen atoms in total. The van der Waals surface area contributed by atoms with Gasteiger partial charge in [0.2, 0.25) is 5.91 Å². The van der Waals surface area contributed by atoms with E-state index in [4.69, 9.17) is 0 Å². The van der Waals surface area contributed by atoms with E-state index >= 15 is 0 Å². The first-order valence-electron chi connectivity index (χ1n) is 13.8. The van der Waals surface area contributed by atoms with Crippen LogP contribution in [0.2, 0.25) is 0 Å². The summed E-state index contributed by atoms with van der Waals surface area (Å²) in [6.45, 7) is 8.07. The molecule has 1 fully saturated rings. The van der Waals surface area contributed by atoms with E-state index < -0.39 is 47.3 Å². The number of carbonyl (C=O) groups excluding carboxylic acids is 2. The minimum atomic E-state index is -1.58. The molecule has 0 radical (unpaired) electrons. The second-order valence-electron chi connectivity index (χ2n) is 11.6. The number of aliphatic hydroxyl groups is 3. The van der Waals surface area contributed by atoms with Crippen LogP contribution in [0.4, 0.5) is 0 Å². The van der Waals surface area contributed by atoms with Crippen molar-refractivity contribution in [3.8, 4) is 0 Å². The molecule has 0 bridgehead atoms. The first-order valence-corrected chi connectivity index (χ1v) is 13.8. The molecule has 2 heterocycles. The molecule has 39 heavy (non-hydrogen) atoms. The normalized spacial score (nSPS) is 39.6. The molecule has 1 amide bonds. The Labute approximate surface area is 229 Å². The number of hydrogen-bond donors (Lipinski definition) is 4. The Kier molecular flexibility index (Phi) is 7.35. The third-order valence-corrected chi connectivity index (χ3v) is 9.22. The lowest BCUT2D eigenvalue weighted by atomic mass is 9.55. The number of rotatable bonds is 2. The van der Waals surface area contributed by atoms with Gasteiger partial charge in [0.05, 0.1) is 18.0 Å². The molecule has 4 aliphatic rings. The van der Waals surface area contributed by atoms with Crippen molar-refractivity contribution >= 4 is 17.3 Å². The summed E-state index contributed by atoms with van der Waals surface area (Å²) >= 11 is 0. The summed E-state index contributed by atoms with van der Waals surface area (Å²) < 4.78 is 0. The van der Waals surface area contributed by atoms with E-state index in [1.54, 1.807) is 6.92 Å². The molecule has 206 valence electrons. The predicted octanol–water partition coefficient (Wildman–Crippen LogP) is 1.68. The van der Waals surface area contributed by atoms with Gasteiger partial charge in [0.15, 0.2) is 5.78 Å². The number of para-hydroxylation sites is 1. The maximum atomic E-state index is 14.2. The summed E-state index contributed by atoms with van der Waals surface area (Å²) in [5.41, 5.74) is 1.74. The lowest BCUT2D eigenvalue weighted by Gasteiger charge is -2.45. The van der Waals surface area contributed by atoms with Crippen LogP contribution in [0.25, 0.3) is 5.57 Å². The third-order valence-electron chi connectivity index (χ3n) is 9.22. The van der Waals surface area contributed by atoms with Crippen LogP contribution in [0.3, 0.4) is 0 Å². The largest absolute Gasteiger partial charge is 0.388 e. The summed E-state index contributed by atoms with van der Waals surface area (Å²) in [4.78, 5) is 32.9. The fourth-order valence-corrected chi connectivity index (χ4v) is 7.05. The highest BCUT2D eigenvalue weighted by Crippen LogP contribution is 2.55. The average Bonchev–Trinajstić information content (AvgIpc) is 3.45. The molecule has 1 saturated heterocycles. The zero-order chi connectivity index (χ0) is 28.1. The monoisotopic (exact) mass is 530 g/mol. The molecule has 0 saturated carbocycles. The number of carbonyl (C=O) groups is 2. The molecule has 0 unspecified atom stereocenters. The molecule has 1 aromatic carbocycles. The number of aliphatic hydroxyl groups excluding tert-OH is 3. The number of benzene rings is 1. The molecule has 0 aromatic heterocycles. The maximum absolute atomic E-state index is 14.2. The lowest BCUT2D eigenvalue weighted by molar-refractivity contribution is -0.144. The number of ketones is 1. The number of fused-ring (bicyclic) bond motifs is 1. The van der Waals surface area contributed by atoms with E-state index in [0.717, 1.165) is 27.3 Å². The topological polar surface area (TPSA) is 119 Å². The van der Waals surface area contributed by atoms with E-state index in [2.05, 4.69) is 10.3 Å². The zero-order valence-electron chi connectivity index (χ0n) is 23.0. The van der Waals surface area contributed by atoms with E-state index in [9.17, 15) is 24.9 Å². The number of allylic oxidation sites excluding steroid dienone is 3. The van der Waals surface area contributed by atoms with Crippen molar-refractivity contribution in [1.82, 2.24) is 5.32 Å². The van der Waals surface area contributed by atoms with Gasteiger partial charge in [-0.25, -0.2) is 0 Å². The fraction of sp³-hybridized carbons (Fsp3) is 0.469. The van der Waals surface area contributed by atoms with Gasteiger partial charge in [0.1, 0.15) is 17.6 Å². The first kappa shape index (κ1) is 27.4. The summed E-state index contributed by atoms with van der Waals surface area (Å²) in [5, 5.41) is 37.9. The summed E-state index contributed by atoms with van der Waals surface area (Å²) in [6.07, 6.45) is 5.80. The van der Waals surface area contributed by atoms with E-state index in [1.165, 1.54) is 12.2 Å². The smallest absolute Gasteiger partial charge is 0.235 e. The van der Waals surface area contributed by atoms with E-state index in [-0.39, 0.29) is 12.0 Å². The molecule has 5 rings (SSSR count). The highest BCUT2D eigenvalue weighted by atomic mass is 16.3.